The maximum atomic E-state index is 11.7. The summed E-state index contributed by atoms with van der Waals surface area (Å²) in [5, 5.41) is 0.834. The molecule has 0 radical (unpaired) electrons. The Kier molecular flexibility index (Phi) is 5.57. The number of benzene rings is 1. The number of carbonyl (C=O) groups excluding carboxylic acids is 1. The number of rotatable bonds is 5. The molecule has 0 atom stereocenters. The first-order chi connectivity index (χ1) is 15.6. The van der Waals surface area contributed by atoms with E-state index in [1.165, 1.54) is 22.6 Å². The van der Waals surface area contributed by atoms with E-state index in [0.29, 0.717) is 17.2 Å². The number of carbonyl (C=O) groups is 1. The molecule has 0 aliphatic carbocycles. The molecule has 9 heteroatoms. The van der Waals surface area contributed by atoms with Crippen molar-refractivity contribution in [2.45, 2.75) is 12.8 Å². The van der Waals surface area contributed by atoms with Gasteiger partial charge in [0.15, 0.2) is 5.90 Å². The van der Waals surface area contributed by atoms with E-state index in [2.05, 4.69) is 44.0 Å². The molecule has 0 spiro atoms. The summed E-state index contributed by atoms with van der Waals surface area (Å²) < 4.78 is 5.52. The molecule has 4 heterocycles. The minimum Gasteiger partial charge on any atom is -0.479 e. The number of aromatic nitrogens is 1. The first-order valence-electron chi connectivity index (χ1n) is 10.8. The normalized spacial score (nSPS) is 16.7. The Labute approximate surface area is 190 Å². The molecule has 2 aliphatic rings. The van der Waals surface area contributed by atoms with Gasteiger partial charge in [-0.1, -0.05) is 12.1 Å². The summed E-state index contributed by atoms with van der Waals surface area (Å²) in [5.74, 6) is 0.326. The number of ether oxygens (including phenoxy) is 1. The average molecular weight is 451 g/mol. The van der Waals surface area contributed by atoms with Crippen LogP contribution in [0, 0.1) is 0 Å². The summed E-state index contributed by atoms with van der Waals surface area (Å²) in [4.78, 5) is 26.4. The van der Waals surface area contributed by atoms with Gasteiger partial charge in [0, 0.05) is 44.5 Å². The van der Waals surface area contributed by atoms with Crippen molar-refractivity contribution in [2.75, 3.05) is 54.9 Å². The number of nitrogens with two attached hydrogens (primary N) is 2. The summed E-state index contributed by atoms with van der Waals surface area (Å²) >= 11 is 1.26. The van der Waals surface area contributed by atoms with Gasteiger partial charge in [0.1, 0.15) is 16.3 Å². The van der Waals surface area contributed by atoms with Crippen LogP contribution in [0.2, 0.25) is 0 Å². The monoisotopic (exact) mass is 450 g/mol. The highest BCUT2D eigenvalue weighted by Crippen LogP contribution is 2.38. The summed E-state index contributed by atoms with van der Waals surface area (Å²) in [6.45, 7) is 5.10. The van der Waals surface area contributed by atoms with Gasteiger partial charge >= 0.3 is 0 Å². The van der Waals surface area contributed by atoms with Crippen molar-refractivity contribution in [3.63, 3.8) is 0 Å². The molecule has 4 N–H and O–H groups in total. The third kappa shape index (κ3) is 3.95. The number of primary amides is 1. The summed E-state index contributed by atoms with van der Waals surface area (Å²) in [5.41, 5.74) is 15.7. The lowest BCUT2D eigenvalue weighted by molar-refractivity contribution is 0.100. The molecule has 2 aromatic heterocycles. The molecule has 166 valence electrons. The van der Waals surface area contributed by atoms with E-state index in [0.717, 1.165) is 67.4 Å². The fourth-order valence-corrected chi connectivity index (χ4v) is 5.31. The lowest BCUT2D eigenvalue weighted by Crippen LogP contribution is -2.30. The molecule has 8 nitrogen and oxygen atoms in total. The number of hydrogen-bond acceptors (Lipinski definition) is 8. The van der Waals surface area contributed by atoms with Gasteiger partial charge in [-0.05, 0) is 30.2 Å². The van der Waals surface area contributed by atoms with E-state index in [-0.39, 0.29) is 0 Å². The Balaban J connectivity index is 1.32. The number of aliphatic imine (C=N–C) groups is 1. The average Bonchev–Trinajstić information content (AvgIpc) is 3.35. The number of nitrogens with zero attached hydrogens (tertiary/aromatic N) is 4. The van der Waals surface area contributed by atoms with Crippen LogP contribution in [-0.4, -0.2) is 56.1 Å². The van der Waals surface area contributed by atoms with E-state index in [4.69, 9.17) is 16.2 Å². The molecule has 1 aromatic carbocycles. The van der Waals surface area contributed by atoms with Crippen LogP contribution in [0.25, 0.3) is 10.2 Å². The van der Waals surface area contributed by atoms with Gasteiger partial charge in [0.25, 0.3) is 5.91 Å². The van der Waals surface area contributed by atoms with Gasteiger partial charge in [0.2, 0.25) is 0 Å². The molecule has 32 heavy (non-hydrogen) atoms. The fraction of sp³-hybridized carbons (Fsp3) is 0.348. The molecular weight excluding hydrogens is 424 g/mol. The van der Waals surface area contributed by atoms with E-state index in [9.17, 15) is 4.79 Å². The summed E-state index contributed by atoms with van der Waals surface area (Å²) in [6.07, 6.45) is 3.54. The van der Waals surface area contributed by atoms with Gasteiger partial charge < -0.3 is 26.0 Å². The van der Waals surface area contributed by atoms with Crippen molar-refractivity contribution in [3.8, 4) is 0 Å². The van der Waals surface area contributed by atoms with Gasteiger partial charge in [0.05, 0.1) is 23.3 Å². The van der Waals surface area contributed by atoms with E-state index in [1.807, 2.05) is 6.07 Å². The minimum absolute atomic E-state index is 0.380. The standard InChI is InChI=1S/C23H26N6O2S/c24-20-19-17(6-7-27-23(19)32-21(20)22(25)30)29-10-1-9-28(11-12-29)16-4-2-15(3-5-16)14-18-26-8-13-31-18/h2-7H,1,8-14,24H2,(H2,25,30). The molecule has 0 saturated carbocycles. The van der Waals surface area contributed by atoms with Crippen molar-refractivity contribution in [2.24, 2.45) is 10.7 Å². The molecule has 1 saturated heterocycles. The SMILES string of the molecule is NC(=O)c1sc2nccc(N3CCCN(c4ccc(CC5=NCCO5)cc4)CC3)c2c1N. The van der Waals surface area contributed by atoms with Crippen LogP contribution in [0.15, 0.2) is 41.5 Å². The quantitative estimate of drug-likeness (QED) is 0.618. The van der Waals surface area contributed by atoms with Crippen LogP contribution in [0.4, 0.5) is 17.1 Å². The molecule has 0 bridgehead atoms. The topological polar surface area (TPSA) is 110 Å². The first kappa shape index (κ1) is 20.6. The zero-order chi connectivity index (χ0) is 22.1. The number of thiophene rings is 1. The highest BCUT2D eigenvalue weighted by Gasteiger charge is 2.22. The zero-order valence-electron chi connectivity index (χ0n) is 17.8. The largest absolute Gasteiger partial charge is 0.479 e. The molecule has 0 unspecified atom stereocenters. The van der Waals surface area contributed by atoms with Gasteiger partial charge in [-0.25, -0.2) is 4.98 Å². The lowest BCUT2D eigenvalue weighted by atomic mass is 10.1. The van der Waals surface area contributed by atoms with Crippen molar-refractivity contribution >= 4 is 50.4 Å². The fourth-order valence-electron chi connectivity index (χ4n) is 4.38. The molecular formula is C23H26N6O2S. The van der Waals surface area contributed by atoms with E-state index in [1.54, 1.807) is 6.20 Å². The maximum absolute atomic E-state index is 11.7. The summed E-state index contributed by atoms with van der Waals surface area (Å²) in [6, 6.07) is 10.7. The van der Waals surface area contributed by atoms with Gasteiger partial charge in [-0.2, -0.15) is 0 Å². The zero-order valence-corrected chi connectivity index (χ0v) is 18.6. The smallest absolute Gasteiger partial charge is 0.260 e. The number of amides is 1. The Bertz CT molecular complexity index is 1170. The van der Waals surface area contributed by atoms with E-state index < -0.39 is 5.91 Å². The number of fused-ring (bicyclic) bond motifs is 1. The molecule has 3 aromatic rings. The second-order valence-electron chi connectivity index (χ2n) is 8.01. The second kappa shape index (κ2) is 8.66. The van der Waals surface area contributed by atoms with Crippen LogP contribution < -0.4 is 21.3 Å². The Morgan fingerprint density at radius 1 is 1.09 bits per heavy atom. The van der Waals surface area contributed by atoms with Crippen molar-refractivity contribution in [1.29, 1.82) is 0 Å². The third-order valence-corrected chi connectivity index (χ3v) is 7.10. The van der Waals surface area contributed by atoms with Gasteiger partial charge in [-0.3, -0.25) is 9.79 Å². The van der Waals surface area contributed by atoms with Crippen molar-refractivity contribution in [3.05, 3.63) is 47.0 Å². The van der Waals surface area contributed by atoms with Crippen molar-refractivity contribution in [1.82, 2.24) is 4.98 Å². The number of pyridine rings is 1. The van der Waals surface area contributed by atoms with Crippen LogP contribution in [-0.2, 0) is 11.2 Å². The second-order valence-corrected chi connectivity index (χ2v) is 9.01. The van der Waals surface area contributed by atoms with Gasteiger partial charge in [-0.15, -0.1) is 11.3 Å². The lowest BCUT2D eigenvalue weighted by Gasteiger charge is -2.25. The van der Waals surface area contributed by atoms with Crippen LogP contribution in [0.1, 0.15) is 21.7 Å². The number of nitrogen functional groups attached to an aromatic ring is 1. The molecule has 1 fully saturated rings. The number of hydrogen-bond donors (Lipinski definition) is 2. The van der Waals surface area contributed by atoms with Crippen LogP contribution >= 0.6 is 11.3 Å². The Hall–Kier alpha value is -3.33. The Morgan fingerprint density at radius 2 is 1.88 bits per heavy atom. The highest BCUT2D eigenvalue weighted by molar-refractivity contribution is 7.21. The number of anilines is 3. The minimum atomic E-state index is -0.506. The molecule has 2 aliphatic heterocycles. The van der Waals surface area contributed by atoms with Crippen LogP contribution in [0.3, 0.4) is 0 Å². The van der Waals surface area contributed by atoms with Crippen molar-refractivity contribution < 1.29 is 9.53 Å². The van der Waals surface area contributed by atoms with Crippen LogP contribution in [0.5, 0.6) is 0 Å². The maximum Gasteiger partial charge on any atom is 0.260 e. The molecule has 1 amide bonds. The molecule has 5 rings (SSSR count). The van der Waals surface area contributed by atoms with E-state index >= 15 is 0 Å². The third-order valence-electron chi connectivity index (χ3n) is 5.97. The predicted octanol–water partition coefficient (Wildman–Crippen LogP) is 2.67. The first-order valence-corrected chi connectivity index (χ1v) is 11.6. The predicted molar refractivity (Wildman–Crippen MR) is 130 cm³/mol. The highest BCUT2D eigenvalue weighted by atomic mass is 32.1. The Morgan fingerprint density at radius 3 is 2.62 bits per heavy atom. The summed E-state index contributed by atoms with van der Waals surface area (Å²) in [7, 11) is 0.